The van der Waals surface area contributed by atoms with Gasteiger partial charge in [0.1, 0.15) is 0 Å². The molecule has 2 aromatic carbocycles. The molecule has 2 rings (SSSR count). The molecule has 0 radical (unpaired) electrons. The Bertz CT molecular complexity index is 901. The lowest BCUT2D eigenvalue weighted by atomic mass is 10.1. The number of carbonyl (C=O) groups is 1. The molecule has 0 spiro atoms. The predicted molar refractivity (Wildman–Crippen MR) is 99.7 cm³/mol. The van der Waals surface area contributed by atoms with E-state index in [9.17, 15) is 13.2 Å². The van der Waals surface area contributed by atoms with Gasteiger partial charge in [0.25, 0.3) is 5.91 Å². The lowest BCUT2D eigenvalue weighted by Crippen LogP contribution is -2.30. The van der Waals surface area contributed by atoms with E-state index < -0.39 is 10.0 Å². The molecule has 5 nitrogen and oxygen atoms in total. The van der Waals surface area contributed by atoms with Crippen LogP contribution in [0.2, 0.25) is 10.0 Å². The van der Waals surface area contributed by atoms with E-state index in [4.69, 9.17) is 23.2 Å². The molecule has 0 saturated heterocycles. The van der Waals surface area contributed by atoms with Crippen LogP contribution in [0.25, 0.3) is 0 Å². The van der Waals surface area contributed by atoms with E-state index >= 15 is 0 Å². The molecule has 0 heterocycles. The highest BCUT2D eigenvalue weighted by Gasteiger charge is 2.22. The number of nitrogens with one attached hydrogen (secondary N) is 1. The van der Waals surface area contributed by atoms with Crippen molar-refractivity contribution in [1.82, 2.24) is 9.62 Å². The number of hydrogen-bond acceptors (Lipinski definition) is 3. The van der Waals surface area contributed by atoms with Crippen LogP contribution in [-0.2, 0) is 10.0 Å². The number of benzene rings is 2. The summed E-state index contributed by atoms with van der Waals surface area (Å²) in [6, 6.07) is 10.7. The third kappa shape index (κ3) is 4.33. The van der Waals surface area contributed by atoms with Gasteiger partial charge in [0.2, 0.25) is 10.0 Å². The van der Waals surface area contributed by atoms with Gasteiger partial charge < -0.3 is 4.90 Å². The Balaban J connectivity index is 2.32. The molecule has 1 atom stereocenters. The molecule has 134 valence electrons. The third-order valence-electron chi connectivity index (χ3n) is 3.97. The van der Waals surface area contributed by atoms with E-state index in [1.807, 2.05) is 6.92 Å². The fraction of sp³-hybridized carbons (Fsp3) is 0.235. The van der Waals surface area contributed by atoms with Crippen LogP contribution in [0.15, 0.2) is 47.4 Å². The molecule has 1 unspecified atom stereocenters. The van der Waals surface area contributed by atoms with Crippen LogP contribution < -0.4 is 4.72 Å². The number of amides is 1. The van der Waals surface area contributed by atoms with Crippen molar-refractivity contribution in [2.24, 2.45) is 0 Å². The van der Waals surface area contributed by atoms with Crippen molar-refractivity contribution in [3.05, 3.63) is 63.6 Å². The van der Waals surface area contributed by atoms with Crippen LogP contribution in [0.4, 0.5) is 0 Å². The highest BCUT2D eigenvalue weighted by atomic mass is 35.5. The summed E-state index contributed by atoms with van der Waals surface area (Å²) < 4.78 is 26.1. The minimum atomic E-state index is -3.62. The first-order chi connectivity index (χ1) is 11.7. The van der Waals surface area contributed by atoms with Crippen LogP contribution in [0.5, 0.6) is 0 Å². The maximum absolute atomic E-state index is 12.7. The molecule has 25 heavy (non-hydrogen) atoms. The fourth-order valence-corrected chi connectivity index (χ4v) is 3.68. The summed E-state index contributed by atoms with van der Waals surface area (Å²) in [4.78, 5) is 14.3. The molecule has 0 aliphatic heterocycles. The highest BCUT2D eigenvalue weighted by molar-refractivity contribution is 7.89. The van der Waals surface area contributed by atoms with Gasteiger partial charge in [-0.25, -0.2) is 13.1 Å². The van der Waals surface area contributed by atoms with E-state index in [1.165, 1.54) is 30.1 Å². The smallest absolute Gasteiger partial charge is 0.254 e. The Hall–Kier alpha value is -1.60. The lowest BCUT2D eigenvalue weighted by molar-refractivity contribution is 0.0742. The van der Waals surface area contributed by atoms with Crippen LogP contribution in [0, 0.1) is 0 Å². The fourth-order valence-electron chi connectivity index (χ4n) is 2.34. The van der Waals surface area contributed by atoms with Gasteiger partial charge in [-0.3, -0.25) is 4.79 Å². The van der Waals surface area contributed by atoms with Gasteiger partial charge in [-0.2, -0.15) is 0 Å². The van der Waals surface area contributed by atoms with E-state index in [-0.39, 0.29) is 22.4 Å². The SMILES string of the molecule is CNS(=O)(=O)c1cccc(C(=O)N(C)C(C)c2ccc(Cl)cc2Cl)c1. The Kier molecular flexibility index (Phi) is 6.11. The van der Waals surface area contributed by atoms with Crippen LogP contribution in [-0.4, -0.2) is 33.3 Å². The molecule has 0 aliphatic rings. The zero-order valence-corrected chi connectivity index (χ0v) is 16.3. The highest BCUT2D eigenvalue weighted by Crippen LogP contribution is 2.30. The number of nitrogens with zero attached hydrogens (tertiary/aromatic N) is 1. The van der Waals surface area contributed by atoms with Gasteiger partial charge in [-0.1, -0.05) is 35.3 Å². The standard InChI is InChI=1S/C17H18Cl2N2O3S/c1-11(15-8-7-13(18)10-16(15)19)21(3)17(22)12-5-4-6-14(9-12)25(23,24)20-2/h4-11,20H,1-3H3. The molecule has 0 fully saturated rings. The number of halogens is 2. The molecular formula is C17H18Cl2N2O3S. The minimum Gasteiger partial charge on any atom is -0.335 e. The summed E-state index contributed by atoms with van der Waals surface area (Å²) >= 11 is 12.1. The largest absolute Gasteiger partial charge is 0.335 e. The van der Waals surface area contributed by atoms with E-state index in [0.717, 1.165) is 5.56 Å². The number of rotatable bonds is 5. The molecular weight excluding hydrogens is 383 g/mol. The Morgan fingerprint density at radius 2 is 1.84 bits per heavy atom. The number of hydrogen-bond donors (Lipinski definition) is 1. The second-order valence-corrected chi connectivity index (χ2v) is 8.22. The molecule has 8 heteroatoms. The normalized spacial score (nSPS) is 12.7. The molecule has 0 aromatic heterocycles. The van der Waals surface area contributed by atoms with Gasteiger partial charge in [-0.05, 0) is 49.9 Å². The second kappa shape index (κ2) is 7.74. The maximum Gasteiger partial charge on any atom is 0.254 e. The summed E-state index contributed by atoms with van der Waals surface area (Å²) in [6.45, 7) is 1.83. The van der Waals surface area contributed by atoms with Crippen molar-refractivity contribution in [2.45, 2.75) is 17.9 Å². The average molecular weight is 401 g/mol. The van der Waals surface area contributed by atoms with Crippen molar-refractivity contribution >= 4 is 39.1 Å². The van der Waals surface area contributed by atoms with Crippen molar-refractivity contribution in [2.75, 3.05) is 14.1 Å². The maximum atomic E-state index is 12.7. The summed E-state index contributed by atoms with van der Waals surface area (Å²) in [5.74, 6) is -0.313. The third-order valence-corrected chi connectivity index (χ3v) is 5.95. The topological polar surface area (TPSA) is 66.5 Å². The monoisotopic (exact) mass is 400 g/mol. The Morgan fingerprint density at radius 3 is 2.44 bits per heavy atom. The minimum absolute atomic E-state index is 0.0337. The van der Waals surface area contributed by atoms with Gasteiger partial charge in [0, 0.05) is 22.7 Å². The number of sulfonamides is 1. The van der Waals surface area contributed by atoms with Crippen LogP contribution in [0.1, 0.15) is 28.9 Å². The summed E-state index contributed by atoms with van der Waals surface area (Å²) in [5, 5.41) is 0.978. The zero-order valence-electron chi connectivity index (χ0n) is 14.0. The molecule has 0 aliphatic carbocycles. The van der Waals surface area contributed by atoms with Gasteiger partial charge >= 0.3 is 0 Å². The first kappa shape index (κ1) is 19.7. The van der Waals surface area contributed by atoms with E-state index in [1.54, 1.807) is 31.3 Å². The van der Waals surface area contributed by atoms with Crippen molar-refractivity contribution in [3.8, 4) is 0 Å². The quantitative estimate of drug-likeness (QED) is 0.830. The first-order valence-corrected chi connectivity index (χ1v) is 9.67. The first-order valence-electron chi connectivity index (χ1n) is 7.43. The molecule has 0 bridgehead atoms. The summed E-state index contributed by atoms with van der Waals surface area (Å²) in [6.07, 6.45) is 0. The molecule has 0 saturated carbocycles. The zero-order chi connectivity index (χ0) is 18.8. The van der Waals surface area contributed by atoms with Crippen LogP contribution >= 0.6 is 23.2 Å². The van der Waals surface area contributed by atoms with E-state index in [0.29, 0.717) is 10.0 Å². The molecule has 1 N–H and O–H groups in total. The van der Waals surface area contributed by atoms with Crippen molar-refractivity contribution in [3.63, 3.8) is 0 Å². The summed E-state index contributed by atoms with van der Waals surface area (Å²) in [7, 11) is -0.664. The molecule has 1 amide bonds. The summed E-state index contributed by atoms with van der Waals surface area (Å²) in [5.41, 5.74) is 1.02. The predicted octanol–water partition coefficient (Wildman–Crippen LogP) is 3.73. The van der Waals surface area contributed by atoms with E-state index in [2.05, 4.69) is 4.72 Å². The molecule has 2 aromatic rings. The van der Waals surface area contributed by atoms with Gasteiger partial charge in [-0.15, -0.1) is 0 Å². The Morgan fingerprint density at radius 1 is 1.16 bits per heavy atom. The average Bonchev–Trinajstić information content (AvgIpc) is 2.60. The van der Waals surface area contributed by atoms with Crippen LogP contribution in [0.3, 0.4) is 0 Å². The Labute approximate surface area is 157 Å². The van der Waals surface area contributed by atoms with Gasteiger partial charge in [0.05, 0.1) is 10.9 Å². The van der Waals surface area contributed by atoms with Crippen molar-refractivity contribution in [1.29, 1.82) is 0 Å². The number of carbonyl (C=O) groups excluding carboxylic acids is 1. The van der Waals surface area contributed by atoms with Gasteiger partial charge in [0.15, 0.2) is 0 Å². The van der Waals surface area contributed by atoms with Crippen molar-refractivity contribution < 1.29 is 13.2 Å². The lowest BCUT2D eigenvalue weighted by Gasteiger charge is -2.26. The second-order valence-electron chi connectivity index (χ2n) is 5.49.